The molecular weight excluding hydrogens is 466 g/mol. The summed E-state index contributed by atoms with van der Waals surface area (Å²) in [5.74, 6) is 1.32. The van der Waals surface area contributed by atoms with Crippen LogP contribution in [0, 0.1) is 0 Å². The van der Waals surface area contributed by atoms with E-state index in [0.717, 1.165) is 0 Å². The van der Waals surface area contributed by atoms with E-state index in [4.69, 9.17) is 0 Å². The normalized spacial score (nSPS) is 19.2. The first-order valence-electron chi connectivity index (χ1n) is 9.69. The smallest absolute Gasteiger partial charge is 0.147 e. The molecule has 0 aromatic heterocycles. The van der Waals surface area contributed by atoms with Crippen molar-refractivity contribution < 1.29 is 20.4 Å². The minimum absolute atomic E-state index is 0. The number of benzene rings is 2. The van der Waals surface area contributed by atoms with Gasteiger partial charge in [0.15, 0.2) is 0 Å². The van der Waals surface area contributed by atoms with E-state index in [1.807, 2.05) is 0 Å². The summed E-state index contributed by atoms with van der Waals surface area (Å²) in [7, 11) is -1.96. The zero-order valence-electron chi connectivity index (χ0n) is 18.2. The van der Waals surface area contributed by atoms with Gasteiger partial charge >= 0.3 is 180 Å². The van der Waals surface area contributed by atoms with Crippen LogP contribution in [0.3, 0.4) is 0 Å². The van der Waals surface area contributed by atoms with Gasteiger partial charge in [0.05, 0.1) is 0 Å². The van der Waals surface area contributed by atoms with Crippen LogP contribution in [-0.4, -0.2) is 13.9 Å². The Morgan fingerprint density at radius 2 is 1.21 bits per heavy atom. The van der Waals surface area contributed by atoms with E-state index >= 15 is 0 Å². The second-order valence-corrected chi connectivity index (χ2v) is 17.2. The molecule has 1 aliphatic rings. The molecule has 0 nitrogen and oxygen atoms in total. The van der Waals surface area contributed by atoms with Crippen LogP contribution in [0.5, 0.6) is 0 Å². The molecule has 1 unspecified atom stereocenters. The van der Waals surface area contributed by atoms with Crippen molar-refractivity contribution in [3.05, 3.63) is 81.3 Å². The molecular formula is C24H32Cl2PSiTi. The van der Waals surface area contributed by atoms with Crippen LogP contribution in [0.15, 0.2) is 81.3 Å². The van der Waals surface area contributed by atoms with Crippen LogP contribution in [0.2, 0.25) is 18.1 Å². The molecule has 0 bridgehead atoms. The minimum Gasteiger partial charge on any atom is -0.147 e. The summed E-state index contributed by atoms with van der Waals surface area (Å²) in [6.45, 7) is 14.8. The number of hydrogen-bond acceptors (Lipinski definition) is 0. The maximum absolute atomic E-state index is 2.62. The van der Waals surface area contributed by atoms with E-state index in [2.05, 4.69) is 122 Å². The predicted molar refractivity (Wildman–Crippen MR) is 135 cm³/mol. The second-order valence-electron chi connectivity index (χ2n) is 8.52. The average molecular weight is 498 g/mol. The summed E-state index contributed by atoms with van der Waals surface area (Å²) in [6, 6.07) is 22.4. The summed E-state index contributed by atoms with van der Waals surface area (Å²) in [4.78, 5) is 0. The van der Waals surface area contributed by atoms with Gasteiger partial charge in [-0.2, -0.15) is 0 Å². The molecule has 2 aromatic rings. The second kappa shape index (κ2) is 10.4. The largest absolute Gasteiger partial charge is 0.147 e. The van der Waals surface area contributed by atoms with Gasteiger partial charge in [-0.25, -0.2) is 0 Å². The Morgan fingerprint density at radius 1 is 0.793 bits per heavy atom. The Labute approximate surface area is 203 Å². The van der Waals surface area contributed by atoms with Crippen LogP contribution in [0.25, 0.3) is 0 Å². The van der Waals surface area contributed by atoms with E-state index in [9.17, 15) is 0 Å². The molecule has 3 rings (SSSR count). The van der Waals surface area contributed by atoms with Gasteiger partial charge in [-0.3, -0.25) is 0 Å². The maximum Gasteiger partial charge on any atom is -0.147 e. The third-order valence-electron chi connectivity index (χ3n) is 6.79. The molecule has 0 saturated carbocycles. The quantitative estimate of drug-likeness (QED) is 0.304. The van der Waals surface area contributed by atoms with Gasteiger partial charge in [0.2, 0.25) is 0 Å². The number of halogens is 2. The first-order chi connectivity index (χ1) is 12.7. The van der Waals surface area contributed by atoms with Crippen molar-refractivity contribution in [3.63, 3.8) is 0 Å². The molecule has 0 saturated heterocycles. The van der Waals surface area contributed by atoms with Crippen molar-refractivity contribution in [1.82, 2.24) is 0 Å². The molecule has 5 heteroatoms. The molecule has 29 heavy (non-hydrogen) atoms. The summed E-state index contributed by atoms with van der Waals surface area (Å²) < 4.78 is 1.62. The average Bonchev–Trinajstić information content (AvgIpc) is 2.84. The minimum atomic E-state index is -1.62. The van der Waals surface area contributed by atoms with Gasteiger partial charge < -0.3 is 0 Å². The molecule has 0 heterocycles. The van der Waals surface area contributed by atoms with Crippen molar-refractivity contribution in [2.75, 3.05) is 5.79 Å². The fourth-order valence-corrected chi connectivity index (χ4v) is 15.8. The Hall–Kier alpha value is -0.139. The van der Waals surface area contributed by atoms with Gasteiger partial charge in [0, 0.05) is 0 Å². The monoisotopic (exact) mass is 497 g/mol. The maximum atomic E-state index is 2.62. The van der Waals surface area contributed by atoms with E-state index < -0.39 is 8.07 Å². The molecule has 0 spiro atoms. The molecule has 0 N–H and O–H groups in total. The number of hydrogen-bond donors (Lipinski definition) is 0. The molecule has 0 fully saturated rings. The molecule has 1 atom stereocenters. The molecule has 0 amide bonds. The van der Waals surface area contributed by atoms with Crippen LogP contribution >= 0.6 is 32.7 Å². The van der Waals surface area contributed by atoms with Gasteiger partial charge in [-0.1, -0.05) is 0 Å². The Balaban J connectivity index is 0.00000210. The third kappa shape index (κ3) is 4.87. The summed E-state index contributed by atoms with van der Waals surface area (Å²) >= 11 is 2.39. The van der Waals surface area contributed by atoms with Crippen LogP contribution < -0.4 is 10.6 Å². The predicted octanol–water partition coefficient (Wildman–Crippen LogP) is 7.14. The fourth-order valence-electron chi connectivity index (χ4n) is 4.35. The third-order valence-corrected chi connectivity index (χ3v) is 18.2. The number of allylic oxidation sites excluding steroid dienone is 4. The zero-order valence-corrected chi connectivity index (χ0v) is 23.3. The van der Waals surface area contributed by atoms with Crippen molar-refractivity contribution in [2.45, 2.75) is 45.8 Å². The molecule has 1 aliphatic carbocycles. The van der Waals surface area contributed by atoms with Crippen LogP contribution in [0.4, 0.5) is 0 Å². The molecule has 2 aromatic carbocycles. The first-order valence-corrected chi connectivity index (χ1v) is 15.2. The first kappa shape index (κ1) is 26.9. The van der Waals surface area contributed by atoms with Crippen molar-refractivity contribution in [3.8, 4) is 0 Å². The number of rotatable bonds is 5. The molecule has 0 aliphatic heterocycles. The Bertz CT molecular complexity index is 828. The van der Waals surface area contributed by atoms with E-state index in [1.165, 1.54) is 27.5 Å². The van der Waals surface area contributed by atoms with Crippen LogP contribution in [-0.2, 0) is 20.4 Å². The summed E-state index contributed by atoms with van der Waals surface area (Å²) in [6.07, 6.45) is 0. The van der Waals surface area contributed by atoms with Gasteiger partial charge in [0.1, 0.15) is 0 Å². The summed E-state index contributed by atoms with van der Waals surface area (Å²) in [5.41, 5.74) is 4.67. The zero-order chi connectivity index (χ0) is 19.8. The van der Waals surface area contributed by atoms with Crippen LogP contribution in [0.1, 0.15) is 27.7 Å². The van der Waals surface area contributed by atoms with Gasteiger partial charge in [0.25, 0.3) is 0 Å². The van der Waals surface area contributed by atoms with Crippen molar-refractivity contribution in [1.29, 1.82) is 0 Å². The van der Waals surface area contributed by atoms with Gasteiger partial charge in [-0.05, 0) is 0 Å². The van der Waals surface area contributed by atoms with E-state index in [0.29, 0.717) is 0 Å². The standard InChI is InChI=1S/C24H30PSi.2ClH.Ti/c1-19-17-24(4,21(3)20(19)2)26(5,6)18-25(22-13-9-7-10-14-22)23-15-11-8-12-16-23;;;/h7-16H,18H2,1-6H3;2*1H;. The topological polar surface area (TPSA) is 0 Å². The molecule has 155 valence electrons. The Morgan fingerprint density at radius 3 is 1.55 bits per heavy atom. The van der Waals surface area contributed by atoms with E-state index in [1.54, 1.807) is 9.45 Å². The van der Waals surface area contributed by atoms with Gasteiger partial charge in [-0.15, -0.1) is 24.8 Å². The SMILES string of the molecule is CC1=C(C)C(C)([Si](C)(C)CP(c2ccccc2)c2ccccc2)[C]([Ti])=C1C.Cl.Cl. The van der Waals surface area contributed by atoms with Crippen molar-refractivity contribution in [2.24, 2.45) is 0 Å². The Kier molecular flexibility index (Phi) is 9.69. The van der Waals surface area contributed by atoms with Crippen molar-refractivity contribution >= 4 is 51.4 Å². The molecule has 0 radical (unpaired) electrons. The fraction of sp³-hybridized carbons (Fsp3) is 0.333. The summed E-state index contributed by atoms with van der Waals surface area (Å²) in [5, 5.41) is 3.28. The van der Waals surface area contributed by atoms with E-state index in [-0.39, 0.29) is 37.8 Å².